The zero-order valence-corrected chi connectivity index (χ0v) is 14.9. The average Bonchev–Trinajstić information content (AvgIpc) is 3.38. The van der Waals surface area contributed by atoms with E-state index in [0.29, 0.717) is 30.8 Å². The Bertz CT molecular complexity index is 832. The number of nitrogens with zero attached hydrogens (tertiary/aromatic N) is 2. The predicted molar refractivity (Wildman–Crippen MR) is 99.0 cm³/mol. The van der Waals surface area contributed by atoms with E-state index in [4.69, 9.17) is 4.42 Å². The van der Waals surface area contributed by atoms with Crippen molar-refractivity contribution in [3.8, 4) is 0 Å². The first kappa shape index (κ1) is 16.8. The number of hydrogen-bond acceptors (Lipinski definition) is 5. The molecule has 0 radical (unpaired) electrons. The molecule has 3 aromatic rings. The molecule has 6 heteroatoms. The molecule has 0 bridgehead atoms. The monoisotopic (exact) mass is 366 g/mol. The zero-order chi connectivity index (χ0) is 17.9. The van der Waals surface area contributed by atoms with Crippen LogP contribution in [0.5, 0.6) is 0 Å². The molecule has 132 valence electrons. The Morgan fingerprint density at radius 1 is 0.923 bits per heavy atom. The molecule has 0 saturated carbocycles. The smallest absolute Gasteiger partial charge is 0.261 e. The van der Waals surface area contributed by atoms with E-state index in [1.54, 1.807) is 41.9 Å². The van der Waals surface area contributed by atoms with Crippen molar-refractivity contribution in [1.29, 1.82) is 0 Å². The fourth-order valence-electron chi connectivity index (χ4n) is 3.14. The van der Waals surface area contributed by atoms with Gasteiger partial charge >= 0.3 is 0 Å². The van der Waals surface area contributed by atoms with Crippen LogP contribution < -0.4 is 0 Å². The number of amides is 2. The minimum Gasteiger partial charge on any atom is -0.468 e. The van der Waals surface area contributed by atoms with Crippen molar-refractivity contribution in [3.05, 3.63) is 81.9 Å². The molecule has 0 spiro atoms. The summed E-state index contributed by atoms with van der Waals surface area (Å²) in [7, 11) is 0. The van der Waals surface area contributed by atoms with Crippen molar-refractivity contribution in [3.63, 3.8) is 0 Å². The van der Waals surface area contributed by atoms with Gasteiger partial charge in [0.1, 0.15) is 5.76 Å². The first-order chi connectivity index (χ1) is 12.7. The predicted octanol–water partition coefficient (Wildman–Crippen LogP) is 3.64. The van der Waals surface area contributed by atoms with Crippen molar-refractivity contribution in [2.45, 2.75) is 13.1 Å². The molecule has 5 nitrogen and oxygen atoms in total. The lowest BCUT2D eigenvalue weighted by Gasteiger charge is -2.23. The van der Waals surface area contributed by atoms with Gasteiger partial charge in [-0.15, -0.1) is 11.3 Å². The van der Waals surface area contributed by atoms with Crippen LogP contribution in [0.3, 0.4) is 0 Å². The fourth-order valence-corrected chi connectivity index (χ4v) is 3.89. The molecule has 1 aliphatic rings. The van der Waals surface area contributed by atoms with E-state index in [-0.39, 0.29) is 11.8 Å². The van der Waals surface area contributed by atoms with Gasteiger partial charge in [0.2, 0.25) is 0 Å². The number of fused-ring (bicyclic) bond motifs is 1. The Labute approximate surface area is 155 Å². The molecular formula is C20H18N2O3S. The number of hydrogen-bond donors (Lipinski definition) is 0. The molecule has 0 unspecified atom stereocenters. The highest BCUT2D eigenvalue weighted by Gasteiger charge is 2.34. The normalized spacial score (nSPS) is 13.7. The third-order valence-corrected chi connectivity index (χ3v) is 5.30. The van der Waals surface area contributed by atoms with Gasteiger partial charge in [0.15, 0.2) is 0 Å². The molecule has 3 heterocycles. The lowest BCUT2D eigenvalue weighted by molar-refractivity contribution is 0.0631. The summed E-state index contributed by atoms with van der Waals surface area (Å²) in [5.74, 6) is 0.447. The van der Waals surface area contributed by atoms with Gasteiger partial charge in [0.05, 0.1) is 23.9 Å². The summed E-state index contributed by atoms with van der Waals surface area (Å²) in [5, 5.41) is 2.05. The summed E-state index contributed by atoms with van der Waals surface area (Å²) in [6, 6.07) is 14.9. The van der Waals surface area contributed by atoms with Crippen LogP contribution >= 0.6 is 11.3 Å². The lowest BCUT2D eigenvalue weighted by atomic mass is 10.1. The largest absolute Gasteiger partial charge is 0.468 e. The fraction of sp³-hybridized carbons (Fsp3) is 0.200. The first-order valence-corrected chi connectivity index (χ1v) is 9.32. The molecule has 1 aliphatic heterocycles. The second-order valence-corrected chi connectivity index (χ2v) is 7.21. The average molecular weight is 366 g/mol. The standard InChI is InChI=1S/C20H18N2O3S/c23-19-17-7-1-2-8-18(17)20(24)22(19)10-9-21(13-15-5-3-11-25-15)14-16-6-4-12-26-16/h1-8,11-12H,9-10,13-14H2. The molecule has 4 rings (SSSR count). The van der Waals surface area contributed by atoms with E-state index < -0.39 is 0 Å². The Morgan fingerprint density at radius 2 is 1.69 bits per heavy atom. The topological polar surface area (TPSA) is 53.8 Å². The maximum absolute atomic E-state index is 12.5. The summed E-state index contributed by atoms with van der Waals surface area (Å²) in [5.41, 5.74) is 0.988. The van der Waals surface area contributed by atoms with Crippen LogP contribution in [0.1, 0.15) is 31.4 Å². The highest BCUT2D eigenvalue weighted by Crippen LogP contribution is 2.22. The van der Waals surface area contributed by atoms with E-state index in [1.807, 2.05) is 23.6 Å². The third-order valence-electron chi connectivity index (χ3n) is 4.44. The van der Waals surface area contributed by atoms with Gasteiger partial charge in [-0.05, 0) is 35.7 Å². The summed E-state index contributed by atoms with van der Waals surface area (Å²) < 4.78 is 5.46. The molecule has 0 atom stereocenters. The second-order valence-electron chi connectivity index (χ2n) is 6.18. The molecule has 0 fully saturated rings. The lowest BCUT2D eigenvalue weighted by Crippen LogP contribution is -2.37. The molecule has 26 heavy (non-hydrogen) atoms. The first-order valence-electron chi connectivity index (χ1n) is 8.45. The van der Waals surface area contributed by atoms with Gasteiger partial charge < -0.3 is 4.42 Å². The van der Waals surface area contributed by atoms with Crippen molar-refractivity contribution in [1.82, 2.24) is 9.80 Å². The van der Waals surface area contributed by atoms with Crippen LogP contribution in [-0.2, 0) is 13.1 Å². The quantitative estimate of drug-likeness (QED) is 0.599. The highest BCUT2D eigenvalue weighted by atomic mass is 32.1. The molecule has 2 aromatic heterocycles. The van der Waals surface area contributed by atoms with Gasteiger partial charge in [0, 0.05) is 24.5 Å². The number of furan rings is 1. The minimum absolute atomic E-state index is 0.209. The maximum atomic E-state index is 12.5. The Hall–Kier alpha value is -2.70. The van der Waals surface area contributed by atoms with Crippen molar-refractivity contribution in [2.75, 3.05) is 13.1 Å². The van der Waals surface area contributed by atoms with Crippen LogP contribution in [0.4, 0.5) is 0 Å². The molecule has 1 aromatic carbocycles. The second kappa shape index (κ2) is 7.27. The Kier molecular flexibility index (Phi) is 4.69. The third kappa shape index (κ3) is 3.34. The SMILES string of the molecule is O=C1c2ccccc2C(=O)N1CCN(Cc1ccco1)Cc1cccs1. The Balaban J connectivity index is 1.46. The van der Waals surface area contributed by atoms with Crippen LogP contribution in [0.15, 0.2) is 64.6 Å². The maximum Gasteiger partial charge on any atom is 0.261 e. The number of benzene rings is 1. The number of imide groups is 1. The number of rotatable bonds is 7. The van der Waals surface area contributed by atoms with E-state index in [0.717, 1.165) is 12.3 Å². The van der Waals surface area contributed by atoms with Gasteiger partial charge in [0.25, 0.3) is 11.8 Å². The van der Waals surface area contributed by atoms with Gasteiger partial charge in [-0.2, -0.15) is 0 Å². The van der Waals surface area contributed by atoms with Crippen LogP contribution in [0, 0.1) is 0 Å². The zero-order valence-electron chi connectivity index (χ0n) is 14.1. The van der Waals surface area contributed by atoms with Gasteiger partial charge in [-0.1, -0.05) is 18.2 Å². The van der Waals surface area contributed by atoms with Crippen LogP contribution in [-0.4, -0.2) is 34.7 Å². The number of carbonyl (C=O) groups excluding carboxylic acids is 2. The van der Waals surface area contributed by atoms with Crippen LogP contribution in [0.2, 0.25) is 0 Å². The molecular weight excluding hydrogens is 348 g/mol. The van der Waals surface area contributed by atoms with Crippen LogP contribution in [0.25, 0.3) is 0 Å². The Morgan fingerprint density at radius 3 is 2.31 bits per heavy atom. The van der Waals surface area contributed by atoms with Gasteiger partial charge in [-0.3, -0.25) is 19.4 Å². The summed E-state index contributed by atoms with van der Waals surface area (Å²) in [4.78, 5) is 29.8. The van der Waals surface area contributed by atoms with Gasteiger partial charge in [-0.25, -0.2) is 0 Å². The molecule has 2 amide bonds. The molecule has 0 aliphatic carbocycles. The minimum atomic E-state index is -0.209. The van der Waals surface area contributed by atoms with Crippen molar-refractivity contribution < 1.29 is 14.0 Å². The number of carbonyl (C=O) groups is 2. The number of thiophene rings is 1. The van der Waals surface area contributed by atoms with E-state index in [2.05, 4.69) is 11.0 Å². The summed E-state index contributed by atoms with van der Waals surface area (Å²) >= 11 is 1.69. The van der Waals surface area contributed by atoms with E-state index in [9.17, 15) is 9.59 Å². The molecule has 0 saturated heterocycles. The van der Waals surface area contributed by atoms with E-state index >= 15 is 0 Å². The van der Waals surface area contributed by atoms with E-state index in [1.165, 1.54) is 9.78 Å². The summed E-state index contributed by atoms with van der Waals surface area (Å²) in [6.07, 6.45) is 1.66. The van der Waals surface area contributed by atoms with Crippen molar-refractivity contribution >= 4 is 23.2 Å². The van der Waals surface area contributed by atoms with Crippen molar-refractivity contribution in [2.24, 2.45) is 0 Å². The highest BCUT2D eigenvalue weighted by molar-refractivity contribution is 7.09. The summed E-state index contributed by atoms with van der Waals surface area (Å²) in [6.45, 7) is 2.33. The molecule has 0 N–H and O–H groups in total.